The third-order valence-electron chi connectivity index (χ3n) is 3.96. The second kappa shape index (κ2) is 5.09. The lowest BCUT2D eigenvalue weighted by Gasteiger charge is -2.04. The highest BCUT2D eigenvalue weighted by Crippen LogP contribution is 2.25. The molecule has 0 aliphatic heterocycles. The summed E-state index contributed by atoms with van der Waals surface area (Å²) in [5.74, 6) is 0.0256. The first-order valence-electron chi connectivity index (χ1n) is 7.11. The first kappa shape index (κ1) is 13.4. The summed E-state index contributed by atoms with van der Waals surface area (Å²) in [4.78, 5) is 16.0. The van der Waals surface area contributed by atoms with Gasteiger partial charge in [-0.1, -0.05) is 25.1 Å². The van der Waals surface area contributed by atoms with E-state index < -0.39 is 0 Å². The number of carbonyl (C=O) groups is 1. The summed E-state index contributed by atoms with van der Waals surface area (Å²) >= 11 is 0. The summed E-state index contributed by atoms with van der Waals surface area (Å²) in [6.45, 7) is 4.02. The van der Waals surface area contributed by atoms with Gasteiger partial charge in [-0.2, -0.15) is 0 Å². The molecule has 0 saturated heterocycles. The molecule has 0 saturated carbocycles. The van der Waals surface area contributed by atoms with Crippen LogP contribution >= 0.6 is 0 Å². The van der Waals surface area contributed by atoms with E-state index in [9.17, 15) is 4.79 Å². The second-order valence-electron chi connectivity index (χ2n) is 5.30. The molecule has 0 aliphatic carbocycles. The monoisotopic (exact) mass is 278 g/mol. The molecule has 3 rings (SSSR count). The van der Waals surface area contributed by atoms with Crippen LogP contribution in [0.25, 0.3) is 10.9 Å². The van der Waals surface area contributed by atoms with Crippen molar-refractivity contribution in [2.75, 3.05) is 5.73 Å². The molecule has 0 amide bonds. The molecule has 3 N–H and O–H groups in total. The number of nitrogen functional groups attached to an aromatic ring is 1. The van der Waals surface area contributed by atoms with Gasteiger partial charge in [0.15, 0.2) is 5.78 Å². The fourth-order valence-corrected chi connectivity index (χ4v) is 2.67. The van der Waals surface area contributed by atoms with Gasteiger partial charge in [-0.05, 0) is 42.7 Å². The van der Waals surface area contributed by atoms with Crippen molar-refractivity contribution in [2.45, 2.75) is 20.3 Å². The minimum atomic E-state index is 0.0256. The smallest absolute Gasteiger partial charge is 0.195 e. The number of nitrogens with one attached hydrogen (secondary N) is 1. The SMILES string of the molecule is CCc1cccc2c(C(=O)c3ccc(N)c(C)c3)c[nH]c12. The van der Waals surface area contributed by atoms with Gasteiger partial charge in [0, 0.05) is 33.9 Å². The Morgan fingerprint density at radius 1 is 1.24 bits per heavy atom. The van der Waals surface area contributed by atoms with E-state index in [0.29, 0.717) is 16.8 Å². The summed E-state index contributed by atoms with van der Waals surface area (Å²) in [6, 6.07) is 11.5. The molecule has 0 unspecified atom stereocenters. The van der Waals surface area contributed by atoms with Crippen LogP contribution in [-0.2, 0) is 6.42 Å². The predicted octanol–water partition coefficient (Wildman–Crippen LogP) is 3.85. The van der Waals surface area contributed by atoms with E-state index in [-0.39, 0.29) is 5.78 Å². The molecule has 0 radical (unpaired) electrons. The quantitative estimate of drug-likeness (QED) is 0.564. The van der Waals surface area contributed by atoms with E-state index in [1.807, 2.05) is 25.1 Å². The van der Waals surface area contributed by atoms with Crippen LogP contribution in [0.2, 0.25) is 0 Å². The zero-order chi connectivity index (χ0) is 15.0. The van der Waals surface area contributed by atoms with E-state index in [4.69, 9.17) is 5.73 Å². The van der Waals surface area contributed by atoms with E-state index in [1.54, 1.807) is 18.3 Å². The Labute approximate surface area is 123 Å². The fourth-order valence-electron chi connectivity index (χ4n) is 2.67. The molecular formula is C18H18N2O. The lowest BCUT2D eigenvalue weighted by Crippen LogP contribution is -2.02. The molecule has 0 aliphatic rings. The average molecular weight is 278 g/mol. The molecule has 1 heterocycles. The van der Waals surface area contributed by atoms with Gasteiger partial charge in [-0.15, -0.1) is 0 Å². The summed E-state index contributed by atoms with van der Waals surface area (Å²) in [5.41, 5.74) is 11.1. The molecule has 0 spiro atoms. The van der Waals surface area contributed by atoms with Crippen LogP contribution in [0, 0.1) is 6.92 Å². The van der Waals surface area contributed by atoms with E-state index in [2.05, 4.69) is 18.0 Å². The van der Waals surface area contributed by atoms with Gasteiger partial charge in [-0.3, -0.25) is 4.79 Å². The highest BCUT2D eigenvalue weighted by molar-refractivity contribution is 6.16. The van der Waals surface area contributed by atoms with Gasteiger partial charge in [0.25, 0.3) is 0 Å². The molecule has 106 valence electrons. The van der Waals surface area contributed by atoms with Crippen molar-refractivity contribution in [3.05, 3.63) is 64.8 Å². The summed E-state index contributed by atoms with van der Waals surface area (Å²) in [5, 5.41) is 0.980. The van der Waals surface area contributed by atoms with Crippen molar-refractivity contribution in [3.63, 3.8) is 0 Å². The molecule has 0 fully saturated rings. The Kier molecular flexibility index (Phi) is 3.26. The maximum absolute atomic E-state index is 12.7. The van der Waals surface area contributed by atoms with Crippen molar-refractivity contribution in [1.82, 2.24) is 4.98 Å². The van der Waals surface area contributed by atoms with Crippen LogP contribution in [0.3, 0.4) is 0 Å². The molecule has 2 aromatic carbocycles. The third-order valence-corrected chi connectivity index (χ3v) is 3.96. The van der Waals surface area contributed by atoms with E-state index in [0.717, 1.165) is 22.9 Å². The number of rotatable bonds is 3. The van der Waals surface area contributed by atoms with Gasteiger partial charge in [0.05, 0.1) is 0 Å². The second-order valence-corrected chi connectivity index (χ2v) is 5.30. The number of aromatic amines is 1. The average Bonchev–Trinajstić information content (AvgIpc) is 2.93. The number of ketones is 1. The predicted molar refractivity (Wildman–Crippen MR) is 86.7 cm³/mol. The molecule has 0 atom stereocenters. The largest absolute Gasteiger partial charge is 0.399 e. The third kappa shape index (κ3) is 2.21. The van der Waals surface area contributed by atoms with Crippen LogP contribution in [0.5, 0.6) is 0 Å². The Hall–Kier alpha value is -2.55. The van der Waals surface area contributed by atoms with Crippen LogP contribution in [0.15, 0.2) is 42.6 Å². The van der Waals surface area contributed by atoms with E-state index in [1.165, 1.54) is 5.56 Å². The van der Waals surface area contributed by atoms with Gasteiger partial charge in [0.2, 0.25) is 0 Å². The summed E-state index contributed by atoms with van der Waals surface area (Å²) in [7, 11) is 0. The lowest BCUT2D eigenvalue weighted by atomic mass is 9.99. The number of fused-ring (bicyclic) bond motifs is 1. The number of para-hydroxylation sites is 1. The van der Waals surface area contributed by atoms with Crippen molar-refractivity contribution in [2.24, 2.45) is 0 Å². The van der Waals surface area contributed by atoms with Gasteiger partial charge in [-0.25, -0.2) is 0 Å². The maximum atomic E-state index is 12.7. The van der Waals surface area contributed by atoms with Crippen molar-refractivity contribution < 1.29 is 4.79 Å². The summed E-state index contributed by atoms with van der Waals surface area (Å²) < 4.78 is 0. The van der Waals surface area contributed by atoms with Crippen LogP contribution < -0.4 is 5.73 Å². The van der Waals surface area contributed by atoms with Crippen LogP contribution in [0.4, 0.5) is 5.69 Å². The van der Waals surface area contributed by atoms with Gasteiger partial charge < -0.3 is 10.7 Å². The maximum Gasteiger partial charge on any atom is 0.195 e. The molecule has 3 aromatic rings. The van der Waals surface area contributed by atoms with Gasteiger partial charge in [0.1, 0.15) is 0 Å². The minimum Gasteiger partial charge on any atom is -0.399 e. The van der Waals surface area contributed by atoms with Crippen molar-refractivity contribution in [3.8, 4) is 0 Å². The molecule has 3 nitrogen and oxygen atoms in total. The van der Waals surface area contributed by atoms with Crippen molar-refractivity contribution >= 4 is 22.4 Å². The first-order chi connectivity index (χ1) is 10.1. The fraction of sp³-hybridized carbons (Fsp3) is 0.167. The van der Waals surface area contributed by atoms with Gasteiger partial charge >= 0.3 is 0 Å². The topological polar surface area (TPSA) is 58.9 Å². The Balaban J connectivity index is 2.11. The lowest BCUT2D eigenvalue weighted by molar-refractivity contribution is 0.104. The Bertz CT molecular complexity index is 830. The number of hydrogen-bond donors (Lipinski definition) is 2. The number of benzene rings is 2. The molecular weight excluding hydrogens is 260 g/mol. The number of aromatic nitrogens is 1. The number of H-pyrrole nitrogens is 1. The number of aryl methyl sites for hydroxylation is 2. The number of hydrogen-bond acceptors (Lipinski definition) is 2. The summed E-state index contributed by atoms with van der Waals surface area (Å²) in [6.07, 6.45) is 2.74. The molecule has 0 bridgehead atoms. The van der Waals surface area contributed by atoms with Crippen LogP contribution in [0.1, 0.15) is 34.0 Å². The van der Waals surface area contributed by atoms with Crippen molar-refractivity contribution in [1.29, 1.82) is 0 Å². The molecule has 21 heavy (non-hydrogen) atoms. The molecule has 1 aromatic heterocycles. The normalized spacial score (nSPS) is 11.0. The zero-order valence-corrected chi connectivity index (χ0v) is 12.2. The molecule has 3 heteroatoms. The first-order valence-corrected chi connectivity index (χ1v) is 7.11. The Morgan fingerprint density at radius 3 is 2.76 bits per heavy atom. The number of nitrogens with two attached hydrogens (primary N) is 1. The standard InChI is InChI=1S/C18H18N2O/c1-3-12-5-4-6-14-15(10-20-17(12)14)18(21)13-7-8-16(19)11(2)9-13/h4-10,20H,3,19H2,1-2H3. The highest BCUT2D eigenvalue weighted by Gasteiger charge is 2.15. The number of carbonyl (C=O) groups excluding carboxylic acids is 1. The Morgan fingerprint density at radius 2 is 2.05 bits per heavy atom. The number of anilines is 1. The van der Waals surface area contributed by atoms with Crippen LogP contribution in [-0.4, -0.2) is 10.8 Å². The zero-order valence-electron chi connectivity index (χ0n) is 12.2. The van der Waals surface area contributed by atoms with E-state index >= 15 is 0 Å². The highest BCUT2D eigenvalue weighted by atomic mass is 16.1. The minimum absolute atomic E-state index is 0.0256.